The molecule has 1 aromatic heterocycles. The fourth-order valence-corrected chi connectivity index (χ4v) is 1.85. The first-order valence-corrected chi connectivity index (χ1v) is 4.56. The molecular weight excluding hydrogens is 166 g/mol. The minimum absolute atomic E-state index is 0.326. The van der Waals surface area contributed by atoms with E-state index in [0.717, 1.165) is 6.54 Å². The molecule has 2 rings (SSSR count). The predicted molar refractivity (Wildman–Crippen MR) is 44.5 cm³/mol. The highest BCUT2D eigenvalue weighted by Crippen LogP contribution is 2.25. The van der Waals surface area contributed by atoms with Gasteiger partial charge < -0.3 is 0 Å². The van der Waals surface area contributed by atoms with Gasteiger partial charge in [0.25, 0.3) is 5.82 Å². The van der Waals surface area contributed by atoms with Gasteiger partial charge in [0.05, 0.1) is 0 Å². The lowest BCUT2D eigenvalue weighted by Crippen LogP contribution is -2.10. The molecule has 1 aromatic rings. The van der Waals surface area contributed by atoms with Crippen LogP contribution in [-0.2, 0) is 6.54 Å². The van der Waals surface area contributed by atoms with Gasteiger partial charge in [-0.25, -0.2) is 4.68 Å². The molecule has 13 heavy (non-hydrogen) atoms. The Bertz CT molecular complexity index is 318. The van der Waals surface area contributed by atoms with Gasteiger partial charge in [-0.3, -0.25) is 0 Å². The molecule has 0 saturated heterocycles. The highest BCUT2D eigenvalue weighted by Gasteiger charge is 2.17. The Balaban J connectivity index is 2.04. The summed E-state index contributed by atoms with van der Waals surface area (Å²) in [5.74, 6) is 0.988. The second kappa shape index (κ2) is 3.52. The molecule has 1 aliphatic carbocycles. The van der Waals surface area contributed by atoms with Crippen LogP contribution < -0.4 is 0 Å². The van der Waals surface area contributed by atoms with Crippen LogP contribution in [0.3, 0.4) is 0 Å². The summed E-state index contributed by atoms with van der Waals surface area (Å²) < 4.78 is 1.61. The fraction of sp³-hybridized carbons (Fsp3) is 0.750. The van der Waals surface area contributed by atoms with Gasteiger partial charge in [0, 0.05) is 6.54 Å². The molecule has 0 amide bonds. The van der Waals surface area contributed by atoms with E-state index in [4.69, 9.17) is 5.26 Å². The van der Waals surface area contributed by atoms with Gasteiger partial charge in [0.2, 0.25) is 0 Å². The van der Waals surface area contributed by atoms with Crippen LogP contribution in [0.15, 0.2) is 0 Å². The Morgan fingerprint density at radius 2 is 2.23 bits per heavy atom. The van der Waals surface area contributed by atoms with Crippen LogP contribution in [0, 0.1) is 17.2 Å². The van der Waals surface area contributed by atoms with Crippen molar-refractivity contribution in [2.45, 2.75) is 32.2 Å². The normalized spacial score (nSPS) is 17.5. The predicted octanol–water partition coefficient (Wildman–Crippen LogP) is 0.735. The van der Waals surface area contributed by atoms with Crippen LogP contribution in [0.25, 0.3) is 0 Å². The highest BCUT2D eigenvalue weighted by molar-refractivity contribution is 5.05. The van der Waals surface area contributed by atoms with Crippen molar-refractivity contribution >= 4 is 0 Å². The molecule has 0 aromatic carbocycles. The molecule has 1 saturated carbocycles. The van der Waals surface area contributed by atoms with Crippen LogP contribution in [0.2, 0.25) is 0 Å². The molecule has 1 heterocycles. The summed E-state index contributed by atoms with van der Waals surface area (Å²) in [6, 6.07) is 1.98. The van der Waals surface area contributed by atoms with Crippen LogP contribution >= 0.6 is 0 Å². The van der Waals surface area contributed by atoms with Gasteiger partial charge in [-0.1, -0.05) is 17.9 Å². The largest absolute Gasteiger partial charge is 0.253 e. The van der Waals surface area contributed by atoms with E-state index in [-0.39, 0.29) is 0 Å². The Hall–Kier alpha value is -1.44. The lowest BCUT2D eigenvalue weighted by molar-refractivity contribution is 0.419. The smallest absolute Gasteiger partial charge is 0.217 e. The minimum Gasteiger partial charge on any atom is -0.217 e. The zero-order valence-electron chi connectivity index (χ0n) is 7.35. The summed E-state index contributed by atoms with van der Waals surface area (Å²) in [7, 11) is 0. The van der Waals surface area contributed by atoms with Crippen molar-refractivity contribution in [1.29, 1.82) is 5.26 Å². The lowest BCUT2D eigenvalue weighted by Gasteiger charge is -2.06. The van der Waals surface area contributed by atoms with Gasteiger partial charge in [-0.05, 0) is 29.2 Å². The van der Waals surface area contributed by atoms with E-state index in [1.165, 1.54) is 25.7 Å². The molecule has 1 aliphatic rings. The topological polar surface area (TPSA) is 67.4 Å². The van der Waals surface area contributed by atoms with E-state index >= 15 is 0 Å². The van der Waals surface area contributed by atoms with Gasteiger partial charge in [-0.2, -0.15) is 5.26 Å². The molecule has 68 valence electrons. The molecule has 0 atom stereocenters. The van der Waals surface area contributed by atoms with Crippen molar-refractivity contribution in [1.82, 2.24) is 20.2 Å². The van der Waals surface area contributed by atoms with Crippen molar-refractivity contribution in [3.05, 3.63) is 5.82 Å². The summed E-state index contributed by atoms with van der Waals surface area (Å²) in [5, 5.41) is 19.5. The molecule has 0 aliphatic heterocycles. The quantitative estimate of drug-likeness (QED) is 0.668. The number of rotatable bonds is 2. The average Bonchev–Trinajstić information content (AvgIpc) is 2.76. The SMILES string of the molecule is N#Cc1nnnn1CC1CCCC1. The standard InChI is InChI=1S/C8H11N5/c9-5-8-10-11-12-13(8)6-7-3-1-2-4-7/h7H,1-4,6H2. The Morgan fingerprint density at radius 3 is 2.92 bits per heavy atom. The van der Waals surface area contributed by atoms with E-state index < -0.39 is 0 Å². The Labute approximate surface area is 76.4 Å². The van der Waals surface area contributed by atoms with Gasteiger partial charge >= 0.3 is 0 Å². The van der Waals surface area contributed by atoms with E-state index in [0.29, 0.717) is 11.7 Å². The zero-order chi connectivity index (χ0) is 9.10. The van der Waals surface area contributed by atoms with Crippen molar-refractivity contribution < 1.29 is 0 Å². The van der Waals surface area contributed by atoms with Gasteiger partial charge in [0.15, 0.2) is 0 Å². The third-order valence-electron chi connectivity index (χ3n) is 2.54. The number of nitriles is 1. The van der Waals surface area contributed by atoms with E-state index in [1.54, 1.807) is 4.68 Å². The van der Waals surface area contributed by atoms with Crippen LogP contribution in [0.4, 0.5) is 0 Å². The molecule has 0 bridgehead atoms. The van der Waals surface area contributed by atoms with Crippen molar-refractivity contribution in [2.75, 3.05) is 0 Å². The minimum atomic E-state index is 0.326. The van der Waals surface area contributed by atoms with Gasteiger partial charge in [-0.15, -0.1) is 0 Å². The second-order valence-corrected chi connectivity index (χ2v) is 3.45. The first-order chi connectivity index (χ1) is 6.40. The fourth-order valence-electron chi connectivity index (χ4n) is 1.85. The summed E-state index contributed by atoms with van der Waals surface area (Å²) in [6.07, 6.45) is 5.08. The number of aromatic nitrogens is 4. The molecule has 5 nitrogen and oxygen atoms in total. The van der Waals surface area contributed by atoms with Crippen molar-refractivity contribution in [2.24, 2.45) is 5.92 Å². The van der Waals surface area contributed by atoms with Crippen LogP contribution in [-0.4, -0.2) is 20.2 Å². The molecule has 0 N–H and O–H groups in total. The summed E-state index contributed by atoms with van der Waals surface area (Å²) in [5.41, 5.74) is 0. The average molecular weight is 177 g/mol. The maximum absolute atomic E-state index is 8.67. The third-order valence-corrected chi connectivity index (χ3v) is 2.54. The Kier molecular flexibility index (Phi) is 2.21. The second-order valence-electron chi connectivity index (χ2n) is 3.45. The van der Waals surface area contributed by atoms with E-state index in [9.17, 15) is 0 Å². The number of hydrogen-bond acceptors (Lipinski definition) is 4. The zero-order valence-corrected chi connectivity index (χ0v) is 7.35. The highest BCUT2D eigenvalue weighted by atomic mass is 15.5. The number of tetrazole rings is 1. The molecule has 0 unspecified atom stereocenters. The molecular formula is C8H11N5. The van der Waals surface area contributed by atoms with Crippen molar-refractivity contribution in [3.8, 4) is 6.07 Å². The van der Waals surface area contributed by atoms with E-state index in [1.807, 2.05) is 6.07 Å². The lowest BCUT2D eigenvalue weighted by atomic mass is 10.1. The Morgan fingerprint density at radius 1 is 1.46 bits per heavy atom. The van der Waals surface area contributed by atoms with Crippen molar-refractivity contribution in [3.63, 3.8) is 0 Å². The number of nitrogens with zero attached hydrogens (tertiary/aromatic N) is 5. The van der Waals surface area contributed by atoms with Crippen LogP contribution in [0.5, 0.6) is 0 Å². The monoisotopic (exact) mass is 177 g/mol. The molecule has 0 spiro atoms. The molecule has 0 radical (unpaired) electrons. The summed E-state index contributed by atoms with van der Waals surface area (Å²) in [4.78, 5) is 0. The maximum Gasteiger partial charge on any atom is 0.253 e. The summed E-state index contributed by atoms with van der Waals surface area (Å²) in [6.45, 7) is 0.801. The maximum atomic E-state index is 8.67. The molecule has 5 heteroatoms. The molecule has 1 fully saturated rings. The third kappa shape index (κ3) is 1.66. The first-order valence-electron chi connectivity index (χ1n) is 4.56. The number of hydrogen-bond donors (Lipinski definition) is 0. The first kappa shape index (κ1) is 8.17. The van der Waals surface area contributed by atoms with Crippen LogP contribution in [0.1, 0.15) is 31.5 Å². The summed E-state index contributed by atoms with van der Waals surface area (Å²) >= 11 is 0. The van der Waals surface area contributed by atoms with E-state index in [2.05, 4.69) is 15.5 Å². The van der Waals surface area contributed by atoms with Gasteiger partial charge in [0.1, 0.15) is 6.07 Å².